The van der Waals surface area contributed by atoms with Crippen LogP contribution in [0.5, 0.6) is 0 Å². The largest absolute Gasteiger partial charge is 0.483 e. The van der Waals surface area contributed by atoms with Crippen LogP contribution in [0, 0.1) is 5.41 Å². The Balaban J connectivity index is 0.000000858. The van der Waals surface area contributed by atoms with Gasteiger partial charge < -0.3 is 24.6 Å². The number of carbonyl (C=O) groups excluding carboxylic acids is 2. The van der Waals surface area contributed by atoms with Crippen molar-refractivity contribution in [3.05, 3.63) is 29.0 Å². The van der Waals surface area contributed by atoms with Crippen LogP contribution in [0.2, 0.25) is 5.02 Å². The van der Waals surface area contributed by atoms with Crippen LogP contribution < -0.4 is 0 Å². The Hall–Kier alpha value is -2.65. The van der Waals surface area contributed by atoms with Gasteiger partial charge in [0.05, 0.1) is 22.9 Å². The van der Waals surface area contributed by atoms with Gasteiger partial charge in [-0.3, -0.25) is 14.4 Å². The van der Waals surface area contributed by atoms with E-state index in [1.807, 2.05) is 30.0 Å². The van der Waals surface area contributed by atoms with Crippen LogP contribution in [0.3, 0.4) is 0 Å². The number of esters is 1. The summed E-state index contributed by atoms with van der Waals surface area (Å²) in [6.07, 6.45) is 2.24. The number of rotatable bonds is 4. The second-order valence-corrected chi connectivity index (χ2v) is 8.72. The summed E-state index contributed by atoms with van der Waals surface area (Å²) in [5, 5.41) is 7.52. The van der Waals surface area contributed by atoms with E-state index >= 15 is 0 Å². The maximum Gasteiger partial charge on any atom is 0.312 e. The zero-order chi connectivity index (χ0) is 22.6. The van der Waals surface area contributed by atoms with E-state index in [9.17, 15) is 9.59 Å². The van der Waals surface area contributed by atoms with E-state index < -0.39 is 5.41 Å². The number of ether oxygens (including phenoxy) is 1. The molecule has 0 saturated carbocycles. The van der Waals surface area contributed by atoms with Gasteiger partial charge in [0.15, 0.2) is 0 Å². The van der Waals surface area contributed by atoms with Gasteiger partial charge in [-0.1, -0.05) is 11.6 Å². The highest BCUT2D eigenvalue weighted by molar-refractivity contribution is 6.31. The third-order valence-electron chi connectivity index (χ3n) is 5.78. The van der Waals surface area contributed by atoms with Crippen LogP contribution in [0.4, 0.5) is 0 Å². The summed E-state index contributed by atoms with van der Waals surface area (Å²) in [6.45, 7) is 1.65. The number of benzene rings is 1. The monoisotopic (exact) mass is 450 g/mol. The number of H-pyrrole nitrogens is 1. The SMILES string of the molecule is CN(C)CC1CC2(CCN(C(=O)Cc3nc4ccc(Cl)cc4[nH]3)CC2)C(=O)O1.O=CO. The first-order valence-corrected chi connectivity index (χ1v) is 10.5. The molecule has 2 saturated heterocycles. The Kier molecular flexibility index (Phi) is 7.17. The zero-order valence-corrected chi connectivity index (χ0v) is 18.4. The fraction of sp³-hybridized carbons (Fsp3) is 0.524. The average molecular weight is 451 g/mol. The maximum absolute atomic E-state index is 12.7. The predicted octanol–water partition coefficient (Wildman–Crippen LogP) is 1.95. The first-order valence-electron chi connectivity index (χ1n) is 10.1. The van der Waals surface area contributed by atoms with E-state index in [-0.39, 0.29) is 30.9 Å². The van der Waals surface area contributed by atoms with Gasteiger partial charge in [-0.2, -0.15) is 0 Å². The average Bonchev–Trinajstić information content (AvgIpc) is 3.22. The summed E-state index contributed by atoms with van der Waals surface area (Å²) in [6, 6.07) is 5.42. The standard InChI is InChI=1S/C20H25ClN4O3.CH2O2/c1-24(2)12-14-11-20(19(27)28-14)5-7-25(8-6-20)18(26)10-17-22-15-4-3-13(21)9-16(15)23-17;2-1-3/h3-4,9,14H,5-8,10-12H2,1-2H3,(H,22,23);1H,(H,2,3). The number of piperidine rings is 1. The topological polar surface area (TPSA) is 116 Å². The lowest BCUT2D eigenvalue weighted by molar-refractivity contribution is -0.152. The molecule has 2 aliphatic heterocycles. The van der Waals surface area contributed by atoms with Crippen LogP contribution in [0.1, 0.15) is 25.1 Å². The van der Waals surface area contributed by atoms with Gasteiger partial charge in [0.2, 0.25) is 5.91 Å². The minimum atomic E-state index is -0.423. The van der Waals surface area contributed by atoms with Crippen LogP contribution >= 0.6 is 11.6 Å². The van der Waals surface area contributed by atoms with Gasteiger partial charge in [0.1, 0.15) is 11.9 Å². The van der Waals surface area contributed by atoms with E-state index in [1.165, 1.54) is 0 Å². The van der Waals surface area contributed by atoms with Gasteiger partial charge in [0.25, 0.3) is 6.47 Å². The molecule has 2 aromatic rings. The Labute approximate surface area is 185 Å². The van der Waals surface area contributed by atoms with E-state index in [4.69, 9.17) is 26.2 Å². The number of likely N-dealkylation sites (tertiary alicyclic amines) is 1. The van der Waals surface area contributed by atoms with Crippen molar-refractivity contribution in [3.8, 4) is 0 Å². The number of aromatic amines is 1. The number of nitrogens with one attached hydrogen (secondary N) is 1. The molecule has 31 heavy (non-hydrogen) atoms. The van der Waals surface area contributed by atoms with Gasteiger partial charge in [-0.15, -0.1) is 0 Å². The third kappa shape index (κ3) is 5.34. The number of nitrogens with zero attached hydrogens (tertiary/aromatic N) is 3. The normalized spacial score (nSPS) is 19.9. The molecule has 3 heterocycles. The summed E-state index contributed by atoms with van der Waals surface area (Å²) in [5.41, 5.74) is 1.20. The predicted molar refractivity (Wildman–Crippen MR) is 115 cm³/mol. The van der Waals surface area contributed by atoms with Crippen molar-refractivity contribution in [1.82, 2.24) is 19.8 Å². The van der Waals surface area contributed by atoms with Gasteiger partial charge in [0, 0.05) is 31.1 Å². The Morgan fingerprint density at radius 1 is 1.42 bits per heavy atom. The highest BCUT2D eigenvalue weighted by Crippen LogP contribution is 2.43. The molecule has 2 fully saturated rings. The first kappa shape index (κ1) is 23.0. The number of likely N-dealkylation sites (N-methyl/N-ethyl adjacent to an activating group) is 1. The van der Waals surface area contributed by atoms with Crippen molar-refractivity contribution in [2.45, 2.75) is 31.8 Å². The van der Waals surface area contributed by atoms with Crippen LogP contribution in [0.25, 0.3) is 11.0 Å². The molecule has 0 radical (unpaired) electrons. The second-order valence-electron chi connectivity index (χ2n) is 8.28. The Bertz CT molecular complexity index is 952. The van der Waals surface area contributed by atoms with Gasteiger partial charge in [-0.05, 0) is 45.1 Å². The number of cyclic esters (lactones) is 1. The molecule has 9 nitrogen and oxygen atoms in total. The summed E-state index contributed by atoms with van der Waals surface area (Å²) in [5.74, 6) is 0.561. The molecular weight excluding hydrogens is 424 g/mol. The van der Waals surface area contributed by atoms with Gasteiger partial charge >= 0.3 is 5.97 Å². The minimum Gasteiger partial charge on any atom is -0.483 e. The number of carbonyl (C=O) groups is 3. The van der Waals surface area contributed by atoms with Crippen LogP contribution in [0.15, 0.2) is 18.2 Å². The second kappa shape index (κ2) is 9.65. The lowest BCUT2D eigenvalue weighted by Gasteiger charge is -2.36. The van der Waals surface area contributed by atoms with Crippen molar-refractivity contribution in [2.24, 2.45) is 5.41 Å². The number of carboxylic acid groups (broad SMARTS) is 1. The van der Waals surface area contributed by atoms with E-state index in [0.29, 0.717) is 36.8 Å². The van der Waals surface area contributed by atoms with Gasteiger partial charge in [-0.25, -0.2) is 4.98 Å². The smallest absolute Gasteiger partial charge is 0.312 e. The molecule has 0 bridgehead atoms. The maximum atomic E-state index is 12.7. The van der Waals surface area contributed by atoms with Crippen molar-refractivity contribution in [2.75, 3.05) is 33.7 Å². The molecule has 1 spiro atoms. The van der Waals surface area contributed by atoms with Crippen LogP contribution in [-0.4, -0.2) is 83.1 Å². The minimum absolute atomic E-state index is 0.0243. The lowest BCUT2D eigenvalue weighted by atomic mass is 9.76. The van der Waals surface area contributed by atoms with E-state index in [1.54, 1.807) is 12.1 Å². The molecule has 1 aromatic heterocycles. The molecule has 168 valence electrons. The van der Waals surface area contributed by atoms with Crippen LogP contribution in [-0.2, 0) is 25.5 Å². The molecule has 2 aliphatic rings. The fourth-order valence-corrected chi connectivity index (χ4v) is 4.48. The van der Waals surface area contributed by atoms with Crippen molar-refractivity contribution in [3.63, 3.8) is 0 Å². The van der Waals surface area contributed by atoms with Crippen molar-refractivity contribution in [1.29, 1.82) is 0 Å². The van der Waals surface area contributed by atoms with E-state index in [2.05, 4.69) is 9.97 Å². The number of hydrogen-bond donors (Lipinski definition) is 2. The Morgan fingerprint density at radius 3 is 2.74 bits per heavy atom. The first-order chi connectivity index (χ1) is 14.8. The summed E-state index contributed by atoms with van der Waals surface area (Å²) in [7, 11) is 3.96. The lowest BCUT2D eigenvalue weighted by Crippen LogP contribution is -2.45. The fourth-order valence-electron chi connectivity index (χ4n) is 4.31. The zero-order valence-electron chi connectivity index (χ0n) is 17.6. The number of halogens is 1. The number of fused-ring (bicyclic) bond motifs is 1. The molecule has 1 amide bonds. The number of amides is 1. The molecule has 4 rings (SSSR count). The number of hydrogen-bond acceptors (Lipinski definition) is 6. The Morgan fingerprint density at radius 2 is 2.10 bits per heavy atom. The quantitative estimate of drug-likeness (QED) is 0.540. The summed E-state index contributed by atoms with van der Waals surface area (Å²) in [4.78, 5) is 45.1. The molecule has 1 unspecified atom stereocenters. The number of imidazole rings is 1. The highest BCUT2D eigenvalue weighted by Gasteiger charge is 2.50. The molecule has 0 aliphatic carbocycles. The number of aromatic nitrogens is 2. The van der Waals surface area contributed by atoms with Crippen molar-refractivity contribution < 1.29 is 24.2 Å². The molecule has 1 atom stereocenters. The third-order valence-corrected chi connectivity index (χ3v) is 6.01. The van der Waals surface area contributed by atoms with Crippen molar-refractivity contribution >= 4 is 41.0 Å². The summed E-state index contributed by atoms with van der Waals surface area (Å²) >= 11 is 6.00. The van der Waals surface area contributed by atoms with E-state index in [0.717, 1.165) is 24.0 Å². The highest BCUT2D eigenvalue weighted by atomic mass is 35.5. The summed E-state index contributed by atoms with van der Waals surface area (Å²) < 4.78 is 5.59. The molecule has 2 N–H and O–H groups in total. The molecule has 1 aromatic carbocycles. The molecular formula is C21H27ClN4O5. The molecule has 10 heteroatoms.